The van der Waals surface area contributed by atoms with Gasteiger partial charge in [-0.05, 0) is 41.0 Å². The van der Waals surface area contributed by atoms with Crippen molar-refractivity contribution in [2.24, 2.45) is 5.73 Å². The summed E-state index contributed by atoms with van der Waals surface area (Å²) in [6.07, 6.45) is 0. The van der Waals surface area contributed by atoms with Crippen molar-refractivity contribution < 1.29 is 13.5 Å². The van der Waals surface area contributed by atoms with Crippen LogP contribution in [0.15, 0.2) is 36.4 Å². The molecular formula is C14H13F2NO. The maximum absolute atomic E-state index is 13.6. The van der Waals surface area contributed by atoms with Gasteiger partial charge in [0, 0.05) is 6.54 Å². The molecule has 0 bridgehead atoms. The van der Waals surface area contributed by atoms with E-state index in [9.17, 15) is 8.78 Å². The summed E-state index contributed by atoms with van der Waals surface area (Å²) in [5.41, 5.74) is 7.53. The highest BCUT2D eigenvalue weighted by Crippen LogP contribution is 2.28. The van der Waals surface area contributed by atoms with Gasteiger partial charge in [0.1, 0.15) is 5.82 Å². The van der Waals surface area contributed by atoms with E-state index in [-0.39, 0.29) is 18.1 Å². The molecule has 4 heteroatoms. The van der Waals surface area contributed by atoms with Gasteiger partial charge in [0.25, 0.3) is 0 Å². The second-order valence-electron chi connectivity index (χ2n) is 3.85. The van der Waals surface area contributed by atoms with E-state index in [1.54, 1.807) is 12.1 Å². The van der Waals surface area contributed by atoms with Crippen LogP contribution in [0.1, 0.15) is 5.56 Å². The summed E-state index contributed by atoms with van der Waals surface area (Å²) in [6, 6.07) is 8.79. The fraction of sp³-hybridized carbons (Fsp3) is 0.143. The number of hydrogen-bond donors (Lipinski definition) is 1. The van der Waals surface area contributed by atoms with Crippen LogP contribution in [0.2, 0.25) is 0 Å². The van der Waals surface area contributed by atoms with Gasteiger partial charge >= 0.3 is 0 Å². The fourth-order valence-corrected chi connectivity index (χ4v) is 1.83. The van der Waals surface area contributed by atoms with E-state index in [0.717, 1.165) is 5.56 Å². The molecule has 0 saturated carbocycles. The van der Waals surface area contributed by atoms with E-state index < -0.39 is 5.82 Å². The largest absolute Gasteiger partial charge is 0.494 e. The maximum atomic E-state index is 13.6. The molecule has 0 heterocycles. The number of methoxy groups -OCH3 is 1. The number of rotatable bonds is 3. The van der Waals surface area contributed by atoms with E-state index in [2.05, 4.69) is 0 Å². The Morgan fingerprint density at radius 1 is 1.11 bits per heavy atom. The van der Waals surface area contributed by atoms with Gasteiger partial charge in [0.15, 0.2) is 11.6 Å². The molecule has 0 aromatic heterocycles. The zero-order valence-corrected chi connectivity index (χ0v) is 9.91. The van der Waals surface area contributed by atoms with Crippen LogP contribution >= 0.6 is 0 Å². The van der Waals surface area contributed by atoms with Gasteiger partial charge in [-0.1, -0.05) is 12.1 Å². The molecule has 0 spiro atoms. The number of nitrogens with two attached hydrogens (primary N) is 1. The molecule has 0 saturated heterocycles. The Labute approximate surface area is 104 Å². The minimum absolute atomic E-state index is 0.157. The first kappa shape index (κ1) is 12.5. The minimum atomic E-state index is -0.484. The second-order valence-corrected chi connectivity index (χ2v) is 3.85. The standard InChI is InChI=1S/C14H13F2NO/c1-18-14-5-3-9(6-13(14)16)12-7-11(15)4-2-10(12)8-17/h2-7H,8,17H2,1H3. The first-order chi connectivity index (χ1) is 8.65. The molecule has 0 aliphatic rings. The lowest BCUT2D eigenvalue weighted by molar-refractivity contribution is 0.386. The minimum Gasteiger partial charge on any atom is -0.494 e. The Morgan fingerprint density at radius 3 is 2.50 bits per heavy atom. The number of halogens is 2. The van der Waals surface area contributed by atoms with Crippen LogP contribution in [0.25, 0.3) is 11.1 Å². The molecule has 94 valence electrons. The van der Waals surface area contributed by atoms with Crippen LogP contribution in [0.5, 0.6) is 5.75 Å². The molecule has 2 nitrogen and oxygen atoms in total. The monoisotopic (exact) mass is 249 g/mol. The number of ether oxygens (including phenoxy) is 1. The lowest BCUT2D eigenvalue weighted by Gasteiger charge is -2.10. The summed E-state index contributed by atoms with van der Waals surface area (Å²) in [5, 5.41) is 0. The molecule has 2 aromatic carbocycles. The Balaban J connectivity index is 2.54. The fourth-order valence-electron chi connectivity index (χ4n) is 1.83. The lowest BCUT2D eigenvalue weighted by Crippen LogP contribution is -2.00. The summed E-state index contributed by atoms with van der Waals surface area (Å²) in [5.74, 6) is -0.704. The highest BCUT2D eigenvalue weighted by molar-refractivity contribution is 5.68. The van der Waals surface area contributed by atoms with E-state index in [1.807, 2.05) is 0 Å². The molecule has 0 amide bonds. The second kappa shape index (κ2) is 5.14. The third kappa shape index (κ3) is 2.33. The van der Waals surface area contributed by atoms with Gasteiger partial charge < -0.3 is 10.5 Å². The van der Waals surface area contributed by atoms with Crippen molar-refractivity contribution in [3.63, 3.8) is 0 Å². The van der Waals surface area contributed by atoms with E-state index >= 15 is 0 Å². The van der Waals surface area contributed by atoms with E-state index in [4.69, 9.17) is 10.5 Å². The first-order valence-electron chi connectivity index (χ1n) is 5.48. The highest BCUT2D eigenvalue weighted by atomic mass is 19.1. The smallest absolute Gasteiger partial charge is 0.165 e. The maximum Gasteiger partial charge on any atom is 0.165 e. The molecule has 0 aliphatic carbocycles. The quantitative estimate of drug-likeness (QED) is 0.907. The molecule has 0 atom stereocenters. The zero-order valence-electron chi connectivity index (χ0n) is 9.91. The Hall–Kier alpha value is -1.94. The molecule has 2 N–H and O–H groups in total. The van der Waals surface area contributed by atoms with E-state index in [0.29, 0.717) is 11.1 Å². The predicted molar refractivity (Wildman–Crippen MR) is 66.2 cm³/mol. The third-order valence-electron chi connectivity index (χ3n) is 2.75. The Morgan fingerprint density at radius 2 is 1.89 bits per heavy atom. The summed E-state index contributed by atoms with van der Waals surface area (Å²) in [7, 11) is 1.39. The summed E-state index contributed by atoms with van der Waals surface area (Å²) < 4.78 is 31.7. The molecule has 0 aliphatic heterocycles. The molecular weight excluding hydrogens is 236 g/mol. The predicted octanol–water partition coefficient (Wildman–Crippen LogP) is 3.10. The SMILES string of the molecule is COc1ccc(-c2cc(F)ccc2CN)cc1F. The summed E-state index contributed by atoms with van der Waals surface area (Å²) in [4.78, 5) is 0. The van der Waals surface area contributed by atoms with Crippen LogP contribution < -0.4 is 10.5 Å². The Kier molecular flexibility index (Phi) is 3.58. The van der Waals surface area contributed by atoms with Crippen molar-refractivity contribution in [1.82, 2.24) is 0 Å². The zero-order chi connectivity index (χ0) is 13.1. The molecule has 0 fully saturated rings. The van der Waals surface area contributed by atoms with Gasteiger partial charge in [-0.25, -0.2) is 8.78 Å². The lowest BCUT2D eigenvalue weighted by atomic mass is 9.99. The average Bonchev–Trinajstić information content (AvgIpc) is 2.38. The Bertz CT molecular complexity index is 570. The summed E-state index contributed by atoms with van der Waals surface area (Å²) in [6.45, 7) is 0.267. The first-order valence-corrected chi connectivity index (χ1v) is 5.48. The van der Waals surface area contributed by atoms with Gasteiger partial charge in [-0.3, -0.25) is 0 Å². The number of benzene rings is 2. The van der Waals surface area contributed by atoms with Gasteiger partial charge in [-0.15, -0.1) is 0 Å². The van der Waals surface area contributed by atoms with Crippen molar-refractivity contribution in [2.45, 2.75) is 6.54 Å². The van der Waals surface area contributed by atoms with Crippen molar-refractivity contribution in [3.8, 4) is 16.9 Å². The van der Waals surface area contributed by atoms with Crippen molar-refractivity contribution in [2.75, 3.05) is 7.11 Å². The van der Waals surface area contributed by atoms with Crippen LogP contribution in [0, 0.1) is 11.6 Å². The molecule has 18 heavy (non-hydrogen) atoms. The third-order valence-corrected chi connectivity index (χ3v) is 2.75. The molecule has 0 unspecified atom stereocenters. The van der Waals surface area contributed by atoms with Gasteiger partial charge in [-0.2, -0.15) is 0 Å². The number of hydrogen-bond acceptors (Lipinski definition) is 2. The van der Waals surface area contributed by atoms with Crippen molar-refractivity contribution in [3.05, 3.63) is 53.6 Å². The average molecular weight is 249 g/mol. The topological polar surface area (TPSA) is 35.2 Å². The van der Waals surface area contributed by atoms with Gasteiger partial charge in [0.2, 0.25) is 0 Å². The van der Waals surface area contributed by atoms with Crippen molar-refractivity contribution >= 4 is 0 Å². The normalized spacial score (nSPS) is 10.4. The van der Waals surface area contributed by atoms with Crippen LogP contribution in [-0.4, -0.2) is 7.11 Å². The summed E-state index contributed by atoms with van der Waals surface area (Å²) >= 11 is 0. The highest BCUT2D eigenvalue weighted by Gasteiger charge is 2.09. The molecule has 2 rings (SSSR count). The van der Waals surface area contributed by atoms with Crippen LogP contribution in [-0.2, 0) is 6.54 Å². The van der Waals surface area contributed by atoms with Gasteiger partial charge in [0.05, 0.1) is 7.11 Å². The molecule has 2 aromatic rings. The van der Waals surface area contributed by atoms with E-state index in [1.165, 1.54) is 31.4 Å². The molecule has 0 radical (unpaired) electrons. The van der Waals surface area contributed by atoms with Crippen molar-refractivity contribution in [1.29, 1.82) is 0 Å². The van der Waals surface area contributed by atoms with Crippen LogP contribution in [0.4, 0.5) is 8.78 Å². The van der Waals surface area contributed by atoms with Crippen LogP contribution in [0.3, 0.4) is 0 Å².